The summed E-state index contributed by atoms with van der Waals surface area (Å²) in [6, 6.07) is 13.3. The number of methoxy groups -OCH3 is 1. The van der Waals surface area contributed by atoms with Crippen LogP contribution < -0.4 is 20.3 Å². The fourth-order valence-electron chi connectivity index (χ4n) is 4.99. The first-order chi connectivity index (χ1) is 18.3. The van der Waals surface area contributed by atoms with Gasteiger partial charge in [0, 0.05) is 63.3 Å². The number of sulfone groups is 1. The van der Waals surface area contributed by atoms with Gasteiger partial charge in [-0.05, 0) is 37.7 Å². The van der Waals surface area contributed by atoms with Gasteiger partial charge in [-0.2, -0.15) is 4.98 Å². The molecule has 0 aliphatic carbocycles. The van der Waals surface area contributed by atoms with Crippen LogP contribution in [0.4, 0.5) is 29.0 Å². The van der Waals surface area contributed by atoms with E-state index in [4.69, 9.17) is 4.74 Å². The van der Waals surface area contributed by atoms with Crippen LogP contribution in [0.3, 0.4) is 0 Å². The quantitative estimate of drug-likeness (QED) is 0.441. The molecule has 2 N–H and O–H groups in total. The summed E-state index contributed by atoms with van der Waals surface area (Å²) >= 11 is 0. The molecule has 1 atom stereocenters. The summed E-state index contributed by atoms with van der Waals surface area (Å²) in [6.07, 6.45) is 3.69. The number of benzene rings is 2. The van der Waals surface area contributed by atoms with Crippen LogP contribution in [0.1, 0.15) is 6.42 Å². The Labute approximate surface area is 223 Å². The summed E-state index contributed by atoms with van der Waals surface area (Å²) in [5.74, 6) is 1.21. The van der Waals surface area contributed by atoms with Gasteiger partial charge in [0.2, 0.25) is 11.9 Å². The topological polar surface area (TPSA) is 116 Å². The van der Waals surface area contributed by atoms with E-state index in [1.54, 1.807) is 25.3 Å². The lowest BCUT2D eigenvalue weighted by Gasteiger charge is -2.36. The second-order valence-corrected chi connectivity index (χ2v) is 11.7. The Balaban J connectivity index is 1.28. The van der Waals surface area contributed by atoms with Crippen molar-refractivity contribution in [3.05, 3.63) is 48.8 Å². The Kier molecular flexibility index (Phi) is 7.63. The third kappa shape index (κ3) is 5.98. The third-order valence-electron chi connectivity index (χ3n) is 7.12. The normalized spacial score (nSPS) is 18.9. The summed E-state index contributed by atoms with van der Waals surface area (Å²) in [5.41, 5.74) is 2.24. The number of nitrogens with one attached hydrogen (secondary N) is 2. The minimum atomic E-state index is -3.42. The number of nitrogens with zero attached hydrogens (tertiary/aromatic N) is 6. The van der Waals surface area contributed by atoms with Crippen molar-refractivity contribution in [1.29, 1.82) is 0 Å². The van der Waals surface area contributed by atoms with Gasteiger partial charge in [0.1, 0.15) is 12.1 Å². The summed E-state index contributed by atoms with van der Waals surface area (Å²) < 4.78 is 30.0. The third-order valence-corrected chi connectivity index (χ3v) is 8.27. The Bertz CT molecular complexity index is 1380. The summed E-state index contributed by atoms with van der Waals surface area (Å²) in [7, 11) is 0.411. The fraction of sp³-hybridized carbons (Fsp3) is 0.423. The van der Waals surface area contributed by atoms with E-state index in [1.165, 1.54) is 18.6 Å². The lowest BCUT2D eigenvalue weighted by atomic mass is 10.2. The monoisotopic (exact) mass is 538 g/mol. The van der Waals surface area contributed by atoms with Gasteiger partial charge < -0.3 is 25.2 Å². The average molecular weight is 539 g/mol. The Morgan fingerprint density at radius 1 is 0.947 bits per heavy atom. The van der Waals surface area contributed by atoms with Crippen LogP contribution in [-0.4, -0.2) is 98.9 Å². The van der Waals surface area contributed by atoms with Gasteiger partial charge in [-0.25, -0.2) is 18.4 Å². The van der Waals surface area contributed by atoms with E-state index in [2.05, 4.69) is 53.4 Å². The van der Waals surface area contributed by atoms with Crippen molar-refractivity contribution in [1.82, 2.24) is 24.8 Å². The SMILES string of the molecule is COc1cc(N2CCC(N3CCN(C)CC3)C2)ccc1Nc1ncnc(Nc2ccccc2S(C)(=O)=O)n1. The van der Waals surface area contributed by atoms with Crippen molar-refractivity contribution >= 4 is 38.8 Å². The van der Waals surface area contributed by atoms with Crippen LogP contribution in [-0.2, 0) is 9.84 Å². The standard InChI is InChI=1S/C26H34N8O3S/c1-32-12-14-33(15-13-32)20-10-11-34(17-20)19-8-9-21(23(16-19)37-2)29-25-27-18-28-26(31-25)30-22-6-4-5-7-24(22)38(3,35)36/h4-9,16,18,20H,10-15,17H2,1-3H3,(H2,27,28,29,30,31). The molecule has 3 aromatic rings. The van der Waals surface area contributed by atoms with Crippen LogP contribution in [0.15, 0.2) is 53.7 Å². The van der Waals surface area contributed by atoms with Gasteiger partial charge in [-0.15, -0.1) is 0 Å². The summed E-state index contributed by atoms with van der Waals surface area (Å²) in [4.78, 5) is 20.4. The van der Waals surface area contributed by atoms with Gasteiger partial charge in [-0.1, -0.05) is 12.1 Å². The Morgan fingerprint density at radius 3 is 2.37 bits per heavy atom. The van der Waals surface area contributed by atoms with Crippen LogP contribution in [0, 0.1) is 0 Å². The van der Waals surface area contributed by atoms with Crippen molar-refractivity contribution in [2.45, 2.75) is 17.4 Å². The Morgan fingerprint density at radius 2 is 1.66 bits per heavy atom. The van der Waals surface area contributed by atoms with E-state index in [9.17, 15) is 8.42 Å². The molecule has 0 bridgehead atoms. The molecule has 0 saturated carbocycles. The summed E-state index contributed by atoms with van der Waals surface area (Å²) in [5, 5.41) is 6.19. The van der Waals surface area contributed by atoms with E-state index < -0.39 is 9.84 Å². The first-order valence-corrected chi connectivity index (χ1v) is 14.6. The predicted octanol–water partition coefficient (Wildman–Crippen LogP) is 2.60. The van der Waals surface area contributed by atoms with Crippen molar-refractivity contribution in [2.24, 2.45) is 0 Å². The second kappa shape index (κ2) is 11.1. The number of hydrogen-bond donors (Lipinski definition) is 2. The number of piperazine rings is 1. The van der Waals surface area contributed by atoms with E-state index in [-0.39, 0.29) is 10.8 Å². The smallest absolute Gasteiger partial charge is 0.232 e. The number of likely N-dealkylation sites (N-methyl/N-ethyl adjacent to an activating group) is 1. The average Bonchev–Trinajstić information content (AvgIpc) is 3.40. The highest BCUT2D eigenvalue weighted by atomic mass is 32.2. The molecule has 3 heterocycles. The molecule has 2 aromatic carbocycles. The van der Waals surface area contributed by atoms with Gasteiger partial charge >= 0.3 is 0 Å². The molecule has 2 aliphatic rings. The summed E-state index contributed by atoms with van der Waals surface area (Å²) in [6.45, 7) is 6.54. The number of anilines is 5. The molecule has 0 amide bonds. The van der Waals surface area contributed by atoms with Crippen LogP contribution in [0.25, 0.3) is 0 Å². The molecule has 11 nitrogen and oxygen atoms in total. The highest BCUT2D eigenvalue weighted by Gasteiger charge is 2.29. The molecule has 0 spiro atoms. The largest absolute Gasteiger partial charge is 0.494 e. The van der Waals surface area contributed by atoms with Crippen LogP contribution in [0.5, 0.6) is 5.75 Å². The second-order valence-electron chi connectivity index (χ2n) is 9.76. The maximum atomic E-state index is 12.1. The number of para-hydroxylation sites is 1. The maximum absolute atomic E-state index is 12.1. The predicted molar refractivity (Wildman–Crippen MR) is 149 cm³/mol. The molecular formula is C26H34N8O3S. The van der Waals surface area contributed by atoms with E-state index in [1.807, 2.05) is 12.1 Å². The van der Waals surface area contributed by atoms with E-state index in [0.717, 1.165) is 57.1 Å². The molecule has 12 heteroatoms. The first-order valence-electron chi connectivity index (χ1n) is 12.7. The molecule has 2 aliphatic heterocycles. The highest BCUT2D eigenvalue weighted by molar-refractivity contribution is 7.90. The van der Waals surface area contributed by atoms with Crippen molar-refractivity contribution in [3.8, 4) is 5.75 Å². The zero-order valence-corrected chi connectivity index (χ0v) is 22.8. The minimum Gasteiger partial charge on any atom is -0.494 e. The van der Waals surface area contributed by atoms with Crippen molar-refractivity contribution in [3.63, 3.8) is 0 Å². The molecule has 1 aromatic heterocycles. The van der Waals surface area contributed by atoms with Gasteiger partial charge in [-0.3, -0.25) is 4.90 Å². The van der Waals surface area contributed by atoms with Crippen LogP contribution in [0.2, 0.25) is 0 Å². The number of hydrogen-bond acceptors (Lipinski definition) is 11. The lowest BCUT2D eigenvalue weighted by molar-refractivity contribution is 0.120. The van der Waals surface area contributed by atoms with Crippen molar-refractivity contribution in [2.75, 3.05) is 75.2 Å². The molecule has 1 unspecified atom stereocenters. The van der Waals surface area contributed by atoms with Gasteiger partial charge in [0.05, 0.1) is 23.4 Å². The fourth-order valence-corrected chi connectivity index (χ4v) is 5.84. The molecular weight excluding hydrogens is 504 g/mol. The van der Waals surface area contributed by atoms with Crippen molar-refractivity contribution < 1.29 is 13.2 Å². The first kappa shape index (κ1) is 26.1. The zero-order chi connectivity index (χ0) is 26.7. The van der Waals surface area contributed by atoms with E-state index in [0.29, 0.717) is 23.4 Å². The molecule has 202 valence electrons. The lowest BCUT2D eigenvalue weighted by Crippen LogP contribution is -2.49. The molecule has 0 radical (unpaired) electrons. The Hall–Kier alpha value is -3.48. The van der Waals surface area contributed by atoms with Gasteiger partial charge in [0.15, 0.2) is 9.84 Å². The molecule has 2 fully saturated rings. The molecule has 2 saturated heterocycles. The number of aromatic nitrogens is 3. The number of ether oxygens (including phenoxy) is 1. The molecule has 5 rings (SSSR count). The zero-order valence-electron chi connectivity index (χ0n) is 22.0. The maximum Gasteiger partial charge on any atom is 0.232 e. The van der Waals surface area contributed by atoms with E-state index >= 15 is 0 Å². The highest BCUT2D eigenvalue weighted by Crippen LogP contribution is 2.33. The molecule has 38 heavy (non-hydrogen) atoms. The van der Waals surface area contributed by atoms with Gasteiger partial charge in [0.25, 0.3) is 0 Å². The minimum absolute atomic E-state index is 0.170. The number of rotatable bonds is 8. The van der Waals surface area contributed by atoms with Crippen LogP contribution >= 0.6 is 0 Å².